The number of hydrogen-bond donors (Lipinski definition) is 1. The molecule has 1 N–H and O–H groups in total. The smallest absolute Gasteiger partial charge is 0.226 e. The first kappa shape index (κ1) is 21.9. The Morgan fingerprint density at radius 1 is 1.24 bits per heavy atom. The summed E-state index contributed by atoms with van der Waals surface area (Å²) in [4.78, 5) is 23.8. The number of nitrogens with one attached hydrogen (secondary N) is 1. The minimum Gasteiger partial charge on any atom is -0.356 e. The van der Waals surface area contributed by atoms with E-state index in [-0.39, 0.29) is 5.91 Å². The summed E-state index contributed by atoms with van der Waals surface area (Å²) in [6.07, 6.45) is 1.31. The first-order chi connectivity index (χ1) is 14.0. The van der Waals surface area contributed by atoms with Crippen LogP contribution in [0.25, 0.3) is 10.6 Å². The minimum atomic E-state index is 0.0458. The molecule has 1 saturated heterocycles. The highest BCUT2D eigenvalue weighted by atomic mass is 32.1. The van der Waals surface area contributed by atoms with Crippen LogP contribution in [-0.4, -0.2) is 86.0 Å². The molecule has 1 fully saturated rings. The number of thiazole rings is 1. The van der Waals surface area contributed by atoms with Crippen molar-refractivity contribution in [3.63, 3.8) is 0 Å². The van der Waals surface area contributed by atoms with Gasteiger partial charge in [0, 0.05) is 50.2 Å². The van der Waals surface area contributed by atoms with Gasteiger partial charge >= 0.3 is 0 Å². The fraction of sp³-hybridized carbons (Fsp3) is 0.545. The summed E-state index contributed by atoms with van der Waals surface area (Å²) in [5, 5.41) is 5.97. The van der Waals surface area contributed by atoms with Crippen LogP contribution in [-0.2, 0) is 17.8 Å². The molecule has 158 valence electrons. The summed E-state index contributed by atoms with van der Waals surface area (Å²) in [6, 6.07) is 8.65. The van der Waals surface area contributed by atoms with Crippen molar-refractivity contribution >= 4 is 17.2 Å². The first-order valence-corrected chi connectivity index (χ1v) is 11.2. The molecule has 29 heavy (non-hydrogen) atoms. The van der Waals surface area contributed by atoms with Gasteiger partial charge in [0.05, 0.1) is 12.1 Å². The quantitative estimate of drug-likeness (QED) is 0.636. The van der Waals surface area contributed by atoms with Crippen molar-refractivity contribution in [2.24, 2.45) is 0 Å². The van der Waals surface area contributed by atoms with E-state index in [0.29, 0.717) is 13.0 Å². The number of amides is 1. The third-order valence-electron chi connectivity index (χ3n) is 5.17. The Kier molecular flexibility index (Phi) is 8.18. The molecule has 1 aromatic heterocycles. The third kappa shape index (κ3) is 7.19. The van der Waals surface area contributed by atoms with E-state index in [1.807, 2.05) is 19.5 Å². The molecule has 2 aromatic rings. The lowest BCUT2D eigenvalue weighted by atomic mass is 10.1. The van der Waals surface area contributed by atoms with E-state index in [2.05, 4.69) is 51.3 Å². The highest BCUT2D eigenvalue weighted by Crippen LogP contribution is 2.25. The molecule has 3 rings (SSSR count). The van der Waals surface area contributed by atoms with E-state index in [0.717, 1.165) is 62.0 Å². The maximum Gasteiger partial charge on any atom is 0.226 e. The van der Waals surface area contributed by atoms with Crippen LogP contribution in [0.3, 0.4) is 0 Å². The average Bonchev–Trinajstić information content (AvgIpc) is 3.16. The van der Waals surface area contributed by atoms with Gasteiger partial charge in [0.1, 0.15) is 5.01 Å². The maximum atomic E-state index is 12.1. The summed E-state index contributed by atoms with van der Waals surface area (Å²) in [5.74, 6) is 0.0458. The molecule has 0 saturated carbocycles. The third-order valence-corrected chi connectivity index (χ3v) is 6.11. The van der Waals surface area contributed by atoms with Gasteiger partial charge in [0.25, 0.3) is 0 Å². The number of benzene rings is 1. The van der Waals surface area contributed by atoms with Crippen LogP contribution >= 0.6 is 11.3 Å². The van der Waals surface area contributed by atoms with Gasteiger partial charge in [-0.1, -0.05) is 18.2 Å². The number of likely N-dealkylation sites (N-methyl/N-ethyl adjacent to an activating group) is 1. The Balaban J connectivity index is 1.52. The van der Waals surface area contributed by atoms with Gasteiger partial charge in [-0.3, -0.25) is 9.69 Å². The summed E-state index contributed by atoms with van der Waals surface area (Å²) >= 11 is 1.61. The fourth-order valence-electron chi connectivity index (χ4n) is 3.44. The Morgan fingerprint density at radius 2 is 2.03 bits per heavy atom. The van der Waals surface area contributed by atoms with Crippen LogP contribution < -0.4 is 5.32 Å². The van der Waals surface area contributed by atoms with Crippen molar-refractivity contribution in [1.82, 2.24) is 25.0 Å². The fourth-order valence-corrected chi connectivity index (χ4v) is 4.25. The van der Waals surface area contributed by atoms with Crippen LogP contribution in [0.1, 0.15) is 17.7 Å². The van der Waals surface area contributed by atoms with E-state index < -0.39 is 0 Å². The van der Waals surface area contributed by atoms with E-state index in [9.17, 15) is 4.79 Å². The molecule has 0 atom stereocenters. The van der Waals surface area contributed by atoms with Crippen LogP contribution in [0.5, 0.6) is 0 Å². The Bertz CT molecular complexity index is 783. The van der Waals surface area contributed by atoms with Gasteiger partial charge in [-0.15, -0.1) is 11.3 Å². The van der Waals surface area contributed by atoms with Gasteiger partial charge in [-0.05, 0) is 45.7 Å². The van der Waals surface area contributed by atoms with Gasteiger partial charge < -0.3 is 15.1 Å². The van der Waals surface area contributed by atoms with Crippen LogP contribution in [0.15, 0.2) is 29.6 Å². The number of hydrogen-bond acceptors (Lipinski definition) is 6. The highest BCUT2D eigenvalue weighted by molar-refractivity contribution is 7.13. The Morgan fingerprint density at radius 3 is 2.79 bits per heavy atom. The largest absolute Gasteiger partial charge is 0.356 e. The van der Waals surface area contributed by atoms with Crippen molar-refractivity contribution < 1.29 is 4.79 Å². The van der Waals surface area contributed by atoms with Gasteiger partial charge in [0.2, 0.25) is 5.91 Å². The molecule has 0 unspecified atom stereocenters. The summed E-state index contributed by atoms with van der Waals surface area (Å²) < 4.78 is 0. The molecule has 2 heterocycles. The molecule has 0 spiro atoms. The number of rotatable bonds is 9. The summed E-state index contributed by atoms with van der Waals surface area (Å²) in [7, 11) is 6.26. The van der Waals surface area contributed by atoms with Gasteiger partial charge in [-0.2, -0.15) is 0 Å². The SMILES string of the molecule is CN(C)CCCNC(=O)Cc1csc(-c2cccc(CN3CCN(C)CC3)c2)n1. The van der Waals surface area contributed by atoms with Crippen molar-refractivity contribution in [3.05, 3.63) is 40.9 Å². The molecular weight excluding hydrogens is 382 g/mol. The van der Waals surface area contributed by atoms with Gasteiger partial charge in [0.15, 0.2) is 0 Å². The minimum absolute atomic E-state index is 0.0458. The molecule has 1 aromatic carbocycles. The zero-order chi connectivity index (χ0) is 20.6. The van der Waals surface area contributed by atoms with Crippen molar-refractivity contribution in [2.45, 2.75) is 19.4 Å². The number of carbonyl (C=O) groups excluding carboxylic acids is 1. The average molecular weight is 416 g/mol. The molecule has 1 aliphatic heterocycles. The van der Waals surface area contributed by atoms with Crippen molar-refractivity contribution in [3.8, 4) is 10.6 Å². The van der Waals surface area contributed by atoms with Crippen molar-refractivity contribution in [2.75, 3.05) is 60.4 Å². The number of piperazine rings is 1. The van der Waals surface area contributed by atoms with Crippen LogP contribution in [0.4, 0.5) is 0 Å². The predicted octanol–water partition coefficient (Wildman–Crippen LogP) is 2.17. The second-order valence-electron chi connectivity index (χ2n) is 8.11. The predicted molar refractivity (Wildman–Crippen MR) is 120 cm³/mol. The molecule has 6 nitrogen and oxygen atoms in total. The summed E-state index contributed by atoms with van der Waals surface area (Å²) in [5.41, 5.74) is 3.31. The van der Waals surface area contributed by atoms with E-state index in [4.69, 9.17) is 4.98 Å². The normalized spacial score (nSPS) is 15.7. The first-order valence-electron chi connectivity index (χ1n) is 10.4. The Hall–Kier alpha value is -1.80. The van der Waals surface area contributed by atoms with Crippen LogP contribution in [0, 0.1) is 0 Å². The van der Waals surface area contributed by atoms with E-state index >= 15 is 0 Å². The molecule has 0 bridgehead atoms. The second kappa shape index (κ2) is 10.8. The highest BCUT2D eigenvalue weighted by Gasteiger charge is 2.14. The zero-order valence-electron chi connectivity index (χ0n) is 17.9. The number of aromatic nitrogens is 1. The van der Waals surface area contributed by atoms with Gasteiger partial charge in [-0.25, -0.2) is 4.98 Å². The summed E-state index contributed by atoms with van der Waals surface area (Å²) in [6.45, 7) is 7.17. The Labute approximate surface area is 178 Å². The molecule has 0 aliphatic carbocycles. The van der Waals surface area contributed by atoms with E-state index in [1.54, 1.807) is 11.3 Å². The monoisotopic (exact) mass is 415 g/mol. The lowest BCUT2D eigenvalue weighted by Crippen LogP contribution is -2.43. The van der Waals surface area contributed by atoms with Crippen molar-refractivity contribution in [1.29, 1.82) is 0 Å². The second-order valence-corrected chi connectivity index (χ2v) is 8.97. The topological polar surface area (TPSA) is 51.7 Å². The molecular formula is C22H33N5OS. The lowest BCUT2D eigenvalue weighted by molar-refractivity contribution is -0.120. The molecule has 1 aliphatic rings. The van der Waals surface area contributed by atoms with Crippen LogP contribution in [0.2, 0.25) is 0 Å². The molecule has 0 radical (unpaired) electrons. The lowest BCUT2D eigenvalue weighted by Gasteiger charge is -2.32. The maximum absolute atomic E-state index is 12.1. The number of nitrogens with zero attached hydrogens (tertiary/aromatic N) is 4. The number of carbonyl (C=O) groups is 1. The molecule has 7 heteroatoms. The molecule has 1 amide bonds. The van der Waals surface area contributed by atoms with E-state index in [1.165, 1.54) is 5.56 Å². The zero-order valence-corrected chi connectivity index (χ0v) is 18.7. The standard InChI is InChI=1S/C22H33N5OS/c1-25(2)9-5-8-23-21(28)15-20-17-29-22(24-20)19-7-4-6-18(14-19)16-27-12-10-26(3)11-13-27/h4,6-7,14,17H,5,8-13,15-16H2,1-3H3,(H,23,28).